The van der Waals surface area contributed by atoms with Crippen molar-refractivity contribution in [2.45, 2.75) is 13.3 Å². The number of benzene rings is 2. The van der Waals surface area contributed by atoms with Gasteiger partial charge in [-0.15, -0.1) is 0 Å². The fourth-order valence-electron chi connectivity index (χ4n) is 2.73. The summed E-state index contributed by atoms with van der Waals surface area (Å²) in [7, 11) is 1.57. The quantitative estimate of drug-likeness (QED) is 0.835. The van der Waals surface area contributed by atoms with E-state index in [2.05, 4.69) is 0 Å². The van der Waals surface area contributed by atoms with Crippen LogP contribution in [0.1, 0.15) is 17.5 Å². The first-order valence-corrected chi connectivity index (χ1v) is 8.16. The molecule has 1 heterocycles. The van der Waals surface area contributed by atoms with Gasteiger partial charge in [-0.3, -0.25) is 9.59 Å². The highest BCUT2D eigenvalue weighted by atomic mass is 16.5. The fraction of sp³-hybridized carbons (Fsp3) is 0.200. The van der Waals surface area contributed by atoms with E-state index in [1.54, 1.807) is 25.3 Å². The lowest BCUT2D eigenvalue weighted by molar-refractivity contribution is -0.136. The van der Waals surface area contributed by atoms with E-state index >= 15 is 0 Å². The van der Waals surface area contributed by atoms with Gasteiger partial charge in [-0.25, -0.2) is 0 Å². The second-order valence-corrected chi connectivity index (χ2v) is 5.96. The summed E-state index contributed by atoms with van der Waals surface area (Å²) in [5.74, 6) is 0.0000802. The Morgan fingerprint density at radius 1 is 1.27 bits per heavy atom. The van der Waals surface area contributed by atoms with Crippen molar-refractivity contribution in [3.63, 3.8) is 0 Å². The number of hydrogen-bond donors (Lipinski definition) is 1. The number of aryl methyl sites for hydroxylation is 1. The number of fused-ring (bicyclic) bond motifs is 1. The molecule has 0 saturated carbocycles. The van der Waals surface area contributed by atoms with Crippen molar-refractivity contribution in [1.82, 2.24) is 0 Å². The monoisotopic (exact) mass is 353 g/mol. The van der Waals surface area contributed by atoms with E-state index in [0.717, 1.165) is 11.1 Å². The number of nitrogens with zero attached hydrogens (tertiary/aromatic N) is 1. The molecule has 6 heteroatoms. The average molecular weight is 353 g/mol. The van der Waals surface area contributed by atoms with Crippen molar-refractivity contribution >= 4 is 23.6 Å². The first-order valence-electron chi connectivity index (χ1n) is 8.16. The van der Waals surface area contributed by atoms with Crippen LogP contribution in [0.5, 0.6) is 11.5 Å². The number of aliphatic carboxylic acids is 1. The van der Waals surface area contributed by atoms with Crippen molar-refractivity contribution in [2.75, 3.05) is 18.6 Å². The van der Waals surface area contributed by atoms with Crippen LogP contribution in [0, 0.1) is 6.92 Å². The zero-order valence-corrected chi connectivity index (χ0v) is 14.6. The number of carbonyl (C=O) groups excluding carboxylic acids is 1. The molecular weight excluding hydrogens is 334 g/mol. The highest BCUT2D eigenvalue weighted by Crippen LogP contribution is 2.36. The van der Waals surface area contributed by atoms with Crippen LogP contribution < -0.4 is 14.4 Å². The Morgan fingerprint density at radius 2 is 2.08 bits per heavy atom. The summed E-state index contributed by atoms with van der Waals surface area (Å²) in [5, 5.41) is 8.99. The van der Waals surface area contributed by atoms with Gasteiger partial charge in [0.15, 0.2) is 11.5 Å². The topological polar surface area (TPSA) is 76.1 Å². The van der Waals surface area contributed by atoms with E-state index in [1.165, 1.54) is 4.90 Å². The fourth-order valence-corrected chi connectivity index (χ4v) is 2.73. The van der Waals surface area contributed by atoms with Crippen molar-refractivity contribution in [2.24, 2.45) is 0 Å². The molecule has 3 rings (SSSR count). The number of carboxylic acids is 1. The number of anilines is 1. The standard InChI is InChI=1S/C20H19NO5/c1-13-6-7-17-16(10-13)21(9-8-19(22)23)20(24)18(26-17)12-14-4-3-5-15(11-14)25-2/h3-7,10-12H,8-9H2,1-2H3,(H,22,23)/b18-12+. The number of ether oxygens (including phenoxy) is 2. The van der Waals surface area contributed by atoms with Gasteiger partial charge >= 0.3 is 5.97 Å². The minimum atomic E-state index is -0.961. The van der Waals surface area contributed by atoms with Crippen LogP contribution in [-0.2, 0) is 9.59 Å². The number of rotatable bonds is 5. The van der Waals surface area contributed by atoms with Crippen LogP contribution in [0.25, 0.3) is 6.08 Å². The van der Waals surface area contributed by atoms with Gasteiger partial charge in [0, 0.05) is 6.54 Å². The number of carboxylic acid groups (broad SMARTS) is 1. The van der Waals surface area contributed by atoms with Crippen molar-refractivity contribution in [1.29, 1.82) is 0 Å². The van der Waals surface area contributed by atoms with Crippen LogP contribution in [0.4, 0.5) is 5.69 Å². The maximum Gasteiger partial charge on any atom is 0.305 e. The van der Waals surface area contributed by atoms with Gasteiger partial charge in [0.25, 0.3) is 5.91 Å². The predicted octanol–water partition coefficient (Wildman–Crippen LogP) is 3.24. The molecule has 0 aliphatic carbocycles. The molecule has 0 radical (unpaired) electrons. The lowest BCUT2D eigenvalue weighted by atomic mass is 10.1. The molecule has 0 fully saturated rings. The number of hydrogen-bond acceptors (Lipinski definition) is 4. The molecule has 1 aliphatic rings. The van der Waals surface area contributed by atoms with Crippen molar-refractivity contribution in [3.8, 4) is 11.5 Å². The van der Waals surface area contributed by atoms with Crippen LogP contribution in [0.3, 0.4) is 0 Å². The third-order valence-electron chi connectivity index (χ3n) is 4.02. The van der Waals surface area contributed by atoms with E-state index in [0.29, 0.717) is 17.2 Å². The lowest BCUT2D eigenvalue weighted by Crippen LogP contribution is -2.38. The molecule has 1 aliphatic heterocycles. The lowest BCUT2D eigenvalue weighted by Gasteiger charge is -2.30. The van der Waals surface area contributed by atoms with E-state index in [9.17, 15) is 9.59 Å². The Hall–Kier alpha value is -3.28. The molecule has 6 nitrogen and oxygen atoms in total. The minimum absolute atomic E-state index is 0.0728. The molecule has 0 aromatic heterocycles. The maximum atomic E-state index is 12.9. The Bertz CT molecular complexity index is 888. The van der Waals surface area contributed by atoms with E-state index in [4.69, 9.17) is 14.6 Å². The molecule has 0 spiro atoms. The minimum Gasteiger partial charge on any atom is -0.497 e. The first kappa shape index (κ1) is 17.5. The average Bonchev–Trinajstić information content (AvgIpc) is 2.62. The van der Waals surface area contributed by atoms with E-state index in [-0.39, 0.29) is 24.6 Å². The molecule has 2 aromatic rings. The summed E-state index contributed by atoms with van der Waals surface area (Å²) >= 11 is 0. The van der Waals surface area contributed by atoms with Gasteiger partial charge < -0.3 is 19.5 Å². The molecule has 0 atom stereocenters. The molecular formula is C20H19NO5. The van der Waals surface area contributed by atoms with Crippen LogP contribution in [0.2, 0.25) is 0 Å². The summed E-state index contributed by atoms with van der Waals surface area (Å²) in [6.07, 6.45) is 1.48. The molecule has 1 N–H and O–H groups in total. The summed E-state index contributed by atoms with van der Waals surface area (Å²) in [5.41, 5.74) is 2.29. The molecule has 0 bridgehead atoms. The highest BCUT2D eigenvalue weighted by Gasteiger charge is 2.30. The molecule has 134 valence electrons. The summed E-state index contributed by atoms with van der Waals surface area (Å²) in [6, 6.07) is 12.7. The zero-order valence-electron chi connectivity index (χ0n) is 14.6. The van der Waals surface area contributed by atoms with Crippen molar-refractivity contribution in [3.05, 3.63) is 59.4 Å². The van der Waals surface area contributed by atoms with E-state index in [1.807, 2.05) is 37.3 Å². The van der Waals surface area contributed by atoms with Gasteiger partial charge in [0.1, 0.15) is 5.75 Å². The Kier molecular flexibility index (Phi) is 4.93. The highest BCUT2D eigenvalue weighted by molar-refractivity contribution is 6.10. The molecule has 26 heavy (non-hydrogen) atoms. The van der Waals surface area contributed by atoms with Crippen LogP contribution in [0.15, 0.2) is 48.2 Å². The van der Waals surface area contributed by atoms with Gasteiger partial charge in [0.05, 0.1) is 19.2 Å². The van der Waals surface area contributed by atoms with Crippen molar-refractivity contribution < 1.29 is 24.2 Å². The Balaban J connectivity index is 2.00. The van der Waals surface area contributed by atoms with E-state index < -0.39 is 5.97 Å². The first-order chi connectivity index (χ1) is 12.5. The normalized spacial score (nSPS) is 14.8. The van der Waals surface area contributed by atoms with Gasteiger partial charge in [-0.2, -0.15) is 0 Å². The van der Waals surface area contributed by atoms with Crippen LogP contribution >= 0.6 is 0 Å². The number of amides is 1. The molecule has 1 amide bonds. The predicted molar refractivity (Wildman–Crippen MR) is 97.4 cm³/mol. The molecule has 2 aromatic carbocycles. The number of carbonyl (C=O) groups is 2. The molecule has 0 unspecified atom stereocenters. The summed E-state index contributed by atoms with van der Waals surface area (Å²) in [4.78, 5) is 25.3. The molecule has 0 saturated heterocycles. The van der Waals surface area contributed by atoms with Gasteiger partial charge in [0.2, 0.25) is 0 Å². The third kappa shape index (κ3) is 3.69. The SMILES string of the molecule is COc1cccc(/C=C2/Oc3ccc(C)cc3N(CCC(=O)O)C2=O)c1. The second-order valence-electron chi connectivity index (χ2n) is 5.96. The summed E-state index contributed by atoms with van der Waals surface area (Å²) < 4.78 is 11.0. The Labute approximate surface area is 151 Å². The maximum absolute atomic E-state index is 12.9. The second kappa shape index (κ2) is 7.31. The van der Waals surface area contributed by atoms with Gasteiger partial charge in [-0.05, 0) is 48.4 Å². The largest absolute Gasteiger partial charge is 0.497 e. The third-order valence-corrected chi connectivity index (χ3v) is 4.02. The Morgan fingerprint density at radius 3 is 2.81 bits per heavy atom. The zero-order chi connectivity index (χ0) is 18.7. The van der Waals surface area contributed by atoms with Crippen LogP contribution in [-0.4, -0.2) is 30.6 Å². The smallest absolute Gasteiger partial charge is 0.305 e. The van der Waals surface area contributed by atoms with Gasteiger partial charge in [-0.1, -0.05) is 18.2 Å². The summed E-state index contributed by atoms with van der Waals surface area (Å²) in [6.45, 7) is 1.98. The number of methoxy groups -OCH3 is 1.